The average Bonchev–Trinajstić information content (AvgIpc) is 1.99. The van der Waals surface area contributed by atoms with Gasteiger partial charge in [0.1, 0.15) is 0 Å². The first-order valence-electron chi connectivity index (χ1n) is 4.81. The Morgan fingerprint density at radius 2 is 1.92 bits per heavy atom. The Morgan fingerprint density at radius 3 is 2.42 bits per heavy atom. The highest BCUT2D eigenvalue weighted by Crippen LogP contribution is 2.20. The third kappa shape index (κ3) is 2.83. The van der Waals surface area contributed by atoms with Gasteiger partial charge in [0, 0.05) is 26.1 Å². The van der Waals surface area contributed by atoms with Crippen LogP contribution in [-0.4, -0.2) is 24.5 Å². The van der Waals surface area contributed by atoms with Crippen molar-refractivity contribution in [2.45, 2.75) is 26.7 Å². The van der Waals surface area contributed by atoms with Gasteiger partial charge >= 0.3 is 0 Å². The van der Waals surface area contributed by atoms with E-state index in [1.54, 1.807) is 0 Å². The summed E-state index contributed by atoms with van der Waals surface area (Å²) < 4.78 is 0. The smallest absolute Gasteiger partial charge is 0.0635 e. The lowest BCUT2D eigenvalue weighted by molar-refractivity contribution is 0.144. The Hall–Kier alpha value is -0.550. The molecule has 1 aliphatic heterocycles. The molecular weight excluding hydrogens is 148 g/mol. The molecule has 1 fully saturated rings. The molecule has 1 aliphatic rings. The minimum atomic E-state index is 0.680. The van der Waals surface area contributed by atoms with Crippen LogP contribution in [0.3, 0.4) is 0 Å². The number of hydrogen-bond donors (Lipinski definition) is 0. The van der Waals surface area contributed by atoms with Crippen molar-refractivity contribution in [1.29, 1.82) is 5.26 Å². The Morgan fingerprint density at radius 1 is 1.33 bits per heavy atom. The van der Waals surface area contributed by atoms with Gasteiger partial charge in [0.2, 0.25) is 0 Å². The highest BCUT2D eigenvalue weighted by Gasteiger charge is 2.20. The first-order valence-corrected chi connectivity index (χ1v) is 4.81. The molecular formula is C10H18N2. The van der Waals surface area contributed by atoms with Crippen LogP contribution in [0.2, 0.25) is 0 Å². The van der Waals surface area contributed by atoms with E-state index in [-0.39, 0.29) is 0 Å². The molecule has 1 rings (SSSR count). The van der Waals surface area contributed by atoms with Crippen LogP contribution in [0.1, 0.15) is 26.7 Å². The van der Waals surface area contributed by atoms with E-state index < -0.39 is 0 Å². The van der Waals surface area contributed by atoms with Gasteiger partial charge < -0.3 is 4.90 Å². The van der Waals surface area contributed by atoms with Gasteiger partial charge in [-0.2, -0.15) is 5.26 Å². The fourth-order valence-electron chi connectivity index (χ4n) is 2.18. The zero-order valence-electron chi connectivity index (χ0n) is 8.08. The predicted molar refractivity (Wildman–Crippen MR) is 49.6 cm³/mol. The van der Waals surface area contributed by atoms with Crippen molar-refractivity contribution < 1.29 is 0 Å². The lowest BCUT2D eigenvalue weighted by Crippen LogP contribution is -2.39. The molecule has 0 aromatic carbocycles. The molecule has 0 aromatic heterocycles. The molecule has 1 saturated heterocycles. The van der Waals surface area contributed by atoms with Gasteiger partial charge in [-0.15, -0.1) is 0 Å². The van der Waals surface area contributed by atoms with Crippen molar-refractivity contribution in [2.75, 3.05) is 19.6 Å². The molecule has 0 bridgehead atoms. The molecule has 0 saturated carbocycles. The Labute approximate surface area is 75.2 Å². The fraction of sp³-hybridized carbons (Fsp3) is 0.900. The summed E-state index contributed by atoms with van der Waals surface area (Å²) in [6.45, 7) is 7.94. The van der Waals surface area contributed by atoms with Gasteiger partial charge in [-0.25, -0.2) is 0 Å². The number of piperidine rings is 1. The van der Waals surface area contributed by atoms with Crippen molar-refractivity contribution in [3.63, 3.8) is 0 Å². The monoisotopic (exact) mass is 166 g/mol. The van der Waals surface area contributed by atoms with Gasteiger partial charge in [-0.3, -0.25) is 0 Å². The largest absolute Gasteiger partial charge is 0.302 e. The van der Waals surface area contributed by atoms with Crippen molar-refractivity contribution in [2.24, 2.45) is 11.8 Å². The number of hydrogen-bond acceptors (Lipinski definition) is 2. The van der Waals surface area contributed by atoms with E-state index >= 15 is 0 Å². The van der Waals surface area contributed by atoms with E-state index in [0.29, 0.717) is 6.42 Å². The van der Waals surface area contributed by atoms with E-state index in [4.69, 9.17) is 5.26 Å². The Kier molecular flexibility index (Phi) is 3.55. The molecule has 2 atom stereocenters. The second kappa shape index (κ2) is 4.47. The van der Waals surface area contributed by atoms with Crippen LogP contribution in [0.25, 0.3) is 0 Å². The Bertz CT molecular complexity index is 161. The molecule has 68 valence electrons. The second-order valence-electron chi connectivity index (χ2n) is 4.11. The molecule has 0 aromatic rings. The maximum absolute atomic E-state index is 8.45. The number of nitriles is 1. The van der Waals surface area contributed by atoms with E-state index in [9.17, 15) is 0 Å². The predicted octanol–water partition coefficient (Wildman–Crippen LogP) is 1.88. The van der Waals surface area contributed by atoms with E-state index in [0.717, 1.165) is 18.4 Å². The number of nitrogens with zero attached hydrogens (tertiary/aromatic N) is 2. The maximum Gasteiger partial charge on any atom is 0.0635 e. The van der Waals surface area contributed by atoms with Crippen LogP contribution in [0.4, 0.5) is 0 Å². The molecule has 0 unspecified atom stereocenters. The summed E-state index contributed by atoms with van der Waals surface area (Å²) in [5.41, 5.74) is 0. The molecule has 0 spiro atoms. The SMILES string of the molecule is C[C@H]1C[C@H](C)CN(CCC#N)C1. The van der Waals surface area contributed by atoms with Gasteiger partial charge in [0.25, 0.3) is 0 Å². The van der Waals surface area contributed by atoms with Crippen LogP contribution in [0.15, 0.2) is 0 Å². The van der Waals surface area contributed by atoms with Gasteiger partial charge in [0.15, 0.2) is 0 Å². The summed E-state index contributed by atoms with van der Waals surface area (Å²) in [7, 11) is 0. The molecule has 0 radical (unpaired) electrons. The summed E-state index contributed by atoms with van der Waals surface area (Å²) in [6, 6.07) is 2.20. The van der Waals surface area contributed by atoms with Crippen molar-refractivity contribution in [3.8, 4) is 6.07 Å². The van der Waals surface area contributed by atoms with Crippen molar-refractivity contribution >= 4 is 0 Å². The number of likely N-dealkylation sites (tertiary alicyclic amines) is 1. The summed E-state index contributed by atoms with van der Waals surface area (Å²) in [5, 5.41) is 8.45. The maximum atomic E-state index is 8.45. The van der Waals surface area contributed by atoms with Crippen LogP contribution in [0, 0.1) is 23.2 Å². The van der Waals surface area contributed by atoms with Gasteiger partial charge in [-0.1, -0.05) is 13.8 Å². The highest BCUT2D eigenvalue weighted by atomic mass is 15.1. The quantitative estimate of drug-likeness (QED) is 0.626. The van der Waals surface area contributed by atoms with E-state index in [2.05, 4.69) is 24.8 Å². The average molecular weight is 166 g/mol. The molecule has 2 heteroatoms. The zero-order valence-corrected chi connectivity index (χ0v) is 8.08. The summed E-state index contributed by atoms with van der Waals surface area (Å²) >= 11 is 0. The van der Waals surface area contributed by atoms with Crippen molar-refractivity contribution in [1.82, 2.24) is 4.90 Å². The fourth-order valence-corrected chi connectivity index (χ4v) is 2.18. The van der Waals surface area contributed by atoms with Crippen molar-refractivity contribution in [3.05, 3.63) is 0 Å². The van der Waals surface area contributed by atoms with Crippen LogP contribution >= 0.6 is 0 Å². The molecule has 0 aliphatic carbocycles. The lowest BCUT2D eigenvalue weighted by atomic mass is 9.92. The molecule has 1 heterocycles. The normalized spacial score (nSPS) is 31.4. The zero-order chi connectivity index (χ0) is 8.97. The highest BCUT2D eigenvalue weighted by molar-refractivity contribution is 4.78. The van der Waals surface area contributed by atoms with Crippen LogP contribution < -0.4 is 0 Å². The minimum absolute atomic E-state index is 0.680. The lowest BCUT2D eigenvalue weighted by Gasteiger charge is -2.34. The summed E-state index contributed by atoms with van der Waals surface area (Å²) in [4.78, 5) is 2.42. The van der Waals surface area contributed by atoms with Gasteiger partial charge in [0.05, 0.1) is 6.07 Å². The van der Waals surface area contributed by atoms with Gasteiger partial charge in [-0.05, 0) is 18.3 Å². The third-order valence-corrected chi connectivity index (χ3v) is 2.48. The molecule has 12 heavy (non-hydrogen) atoms. The third-order valence-electron chi connectivity index (χ3n) is 2.48. The number of rotatable bonds is 2. The molecule has 2 nitrogen and oxygen atoms in total. The first-order chi connectivity index (χ1) is 5.72. The molecule has 0 N–H and O–H groups in total. The van der Waals surface area contributed by atoms with E-state index in [1.807, 2.05) is 0 Å². The second-order valence-corrected chi connectivity index (χ2v) is 4.11. The van der Waals surface area contributed by atoms with Crippen LogP contribution in [0.5, 0.6) is 0 Å². The minimum Gasteiger partial charge on any atom is -0.302 e. The van der Waals surface area contributed by atoms with Crippen LogP contribution in [-0.2, 0) is 0 Å². The molecule has 0 amide bonds. The topological polar surface area (TPSA) is 27.0 Å². The summed E-state index contributed by atoms with van der Waals surface area (Å²) in [6.07, 6.45) is 2.03. The van der Waals surface area contributed by atoms with E-state index in [1.165, 1.54) is 19.5 Å². The first kappa shape index (κ1) is 9.54. The summed E-state index contributed by atoms with van der Waals surface area (Å²) in [5.74, 6) is 1.62. The standard InChI is InChI=1S/C10H18N2/c1-9-6-10(2)8-12(7-9)5-3-4-11/h9-10H,3,5-8H2,1-2H3/t9-,10-/m0/s1. The Balaban J connectivity index is 2.30.